The fourth-order valence-corrected chi connectivity index (χ4v) is 1.87. The van der Waals surface area contributed by atoms with Gasteiger partial charge in [-0.15, -0.1) is 0 Å². The number of carbonyl (C=O) groups excluding carboxylic acids is 3. The van der Waals surface area contributed by atoms with Crippen molar-refractivity contribution in [3.8, 4) is 0 Å². The topological polar surface area (TPSA) is 78.5 Å². The molecule has 0 aromatic heterocycles. The zero-order valence-electron chi connectivity index (χ0n) is 10.4. The second kappa shape index (κ2) is 5.77. The van der Waals surface area contributed by atoms with Crippen molar-refractivity contribution in [1.29, 1.82) is 0 Å². The lowest BCUT2D eigenvalue weighted by atomic mass is 10.2. The predicted octanol–water partition coefficient (Wildman–Crippen LogP) is -0.752. The van der Waals surface area contributed by atoms with E-state index in [0.717, 1.165) is 0 Å². The van der Waals surface area contributed by atoms with Crippen molar-refractivity contribution >= 4 is 17.7 Å². The number of amides is 3. The molecule has 0 aromatic carbocycles. The number of imide groups is 1. The molecular formula is C11H19N3O3. The van der Waals surface area contributed by atoms with Gasteiger partial charge in [0, 0.05) is 13.1 Å². The smallest absolute Gasteiger partial charge is 0.244 e. The molecule has 3 amide bonds. The SMILES string of the molecule is CCN(CC)C(=O)C(C)NC1CC(=O)NC1=O. The molecule has 1 aliphatic rings. The Morgan fingerprint density at radius 3 is 2.47 bits per heavy atom. The summed E-state index contributed by atoms with van der Waals surface area (Å²) in [4.78, 5) is 35.9. The highest BCUT2D eigenvalue weighted by Crippen LogP contribution is 2.04. The van der Waals surface area contributed by atoms with Crippen molar-refractivity contribution in [2.75, 3.05) is 13.1 Å². The summed E-state index contributed by atoms with van der Waals surface area (Å²) < 4.78 is 0. The second-order valence-electron chi connectivity index (χ2n) is 4.07. The fraction of sp³-hybridized carbons (Fsp3) is 0.727. The van der Waals surface area contributed by atoms with Crippen LogP contribution in [0.5, 0.6) is 0 Å². The van der Waals surface area contributed by atoms with Crippen LogP contribution in [-0.4, -0.2) is 47.8 Å². The van der Waals surface area contributed by atoms with E-state index in [9.17, 15) is 14.4 Å². The largest absolute Gasteiger partial charge is 0.342 e. The number of nitrogens with one attached hydrogen (secondary N) is 2. The van der Waals surface area contributed by atoms with Gasteiger partial charge in [-0.05, 0) is 20.8 Å². The minimum Gasteiger partial charge on any atom is -0.342 e. The molecule has 2 atom stereocenters. The highest BCUT2D eigenvalue weighted by Gasteiger charge is 2.33. The molecule has 1 rings (SSSR count). The van der Waals surface area contributed by atoms with E-state index in [1.807, 2.05) is 13.8 Å². The molecule has 2 unspecified atom stereocenters. The number of rotatable bonds is 5. The van der Waals surface area contributed by atoms with Gasteiger partial charge in [-0.2, -0.15) is 0 Å². The van der Waals surface area contributed by atoms with Crippen LogP contribution in [0.25, 0.3) is 0 Å². The molecule has 0 spiro atoms. The normalized spacial score (nSPS) is 21.2. The molecule has 0 aromatic rings. The molecular weight excluding hydrogens is 222 g/mol. The van der Waals surface area contributed by atoms with Crippen LogP contribution in [0.1, 0.15) is 27.2 Å². The molecule has 0 bridgehead atoms. The van der Waals surface area contributed by atoms with E-state index in [0.29, 0.717) is 13.1 Å². The Morgan fingerprint density at radius 2 is 2.06 bits per heavy atom. The average Bonchev–Trinajstić information content (AvgIpc) is 2.59. The molecule has 1 aliphatic heterocycles. The van der Waals surface area contributed by atoms with Gasteiger partial charge in [0.05, 0.1) is 18.5 Å². The fourth-order valence-electron chi connectivity index (χ4n) is 1.87. The first-order chi connectivity index (χ1) is 7.99. The summed E-state index contributed by atoms with van der Waals surface area (Å²) in [5.74, 6) is -0.702. The minimum absolute atomic E-state index is 0.0536. The van der Waals surface area contributed by atoms with Crippen LogP contribution in [0.2, 0.25) is 0 Å². The molecule has 6 nitrogen and oxygen atoms in total. The van der Waals surface area contributed by atoms with Gasteiger partial charge < -0.3 is 4.90 Å². The standard InChI is InChI=1S/C11H19N3O3/c1-4-14(5-2)11(17)7(3)12-8-6-9(15)13-10(8)16/h7-8,12H,4-6H2,1-3H3,(H,13,15,16). The van der Waals surface area contributed by atoms with Crippen molar-refractivity contribution in [2.24, 2.45) is 0 Å². The highest BCUT2D eigenvalue weighted by molar-refractivity contribution is 6.05. The summed E-state index contributed by atoms with van der Waals surface area (Å²) in [5.41, 5.74) is 0. The van der Waals surface area contributed by atoms with Gasteiger partial charge in [-0.1, -0.05) is 0 Å². The van der Waals surface area contributed by atoms with Crippen LogP contribution in [0, 0.1) is 0 Å². The van der Waals surface area contributed by atoms with Gasteiger partial charge in [0.2, 0.25) is 17.7 Å². The summed E-state index contributed by atoms with van der Waals surface area (Å²) in [6.45, 7) is 6.78. The first kappa shape index (κ1) is 13.6. The maximum atomic E-state index is 11.9. The Morgan fingerprint density at radius 1 is 1.47 bits per heavy atom. The molecule has 0 aliphatic carbocycles. The van der Waals surface area contributed by atoms with Gasteiger partial charge in [-0.3, -0.25) is 25.0 Å². The third-order valence-corrected chi connectivity index (χ3v) is 2.87. The van der Waals surface area contributed by atoms with E-state index in [-0.39, 0.29) is 24.1 Å². The Kier molecular flexibility index (Phi) is 4.62. The summed E-state index contributed by atoms with van der Waals surface area (Å²) in [6, 6.07) is -1.05. The Hall–Kier alpha value is -1.43. The zero-order valence-corrected chi connectivity index (χ0v) is 10.4. The van der Waals surface area contributed by atoms with Crippen LogP contribution >= 0.6 is 0 Å². The van der Waals surface area contributed by atoms with Gasteiger partial charge in [0.25, 0.3) is 0 Å². The van der Waals surface area contributed by atoms with Crippen LogP contribution in [0.15, 0.2) is 0 Å². The summed E-state index contributed by atoms with van der Waals surface area (Å²) in [6.07, 6.45) is 0.106. The number of carbonyl (C=O) groups is 3. The van der Waals surface area contributed by atoms with Gasteiger partial charge in [0.1, 0.15) is 0 Å². The molecule has 0 saturated carbocycles. The van der Waals surface area contributed by atoms with Crippen LogP contribution in [0.4, 0.5) is 0 Å². The quantitative estimate of drug-likeness (QED) is 0.621. The molecule has 1 fully saturated rings. The van der Waals surface area contributed by atoms with Gasteiger partial charge in [-0.25, -0.2) is 0 Å². The van der Waals surface area contributed by atoms with E-state index in [1.165, 1.54) is 0 Å². The molecule has 6 heteroatoms. The zero-order chi connectivity index (χ0) is 13.0. The van der Waals surface area contributed by atoms with E-state index in [4.69, 9.17) is 0 Å². The first-order valence-corrected chi connectivity index (χ1v) is 5.88. The lowest BCUT2D eigenvalue weighted by Gasteiger charge is -2.24. The van der Waals surface area contributed by atoms with Gasteiger partial charge in [0.15, 0.2) is 0 Å². The summed E-state index contributed by atoms with van der Waals surface area (Å²) in [7, 11) is 0. The Bertz CT molecular complexity index is 326. The Labute approximate surface area is 101 Å². The van der Waals surface area contributed by atoms with E-state index >= 15 is 0 Å². The number of nitrogens with zero attached hydrogens (tertiary/aromatic N) is 1. The Balaban J connectivity index is 2.54. The average molecular weight is 241 g/mol. The van der Waals surface area contributed by atoms with Crippen molar-refractivity contribution in [2.45, 2.75) is 39.3 Å². The van der Waals surface area contributed by atoms with Crippen molar-refractivity contribution in [1.82, 2.24) is 15.5 Å². The second-order valence-corrected chi connectivity index (χ2v) is 4.07. The lowest BCUT2D eigenvalue weighted by molar-refractivity contribution is -0.133. The predicted molar refractivity (Wildman–Crippen MR) is 62.1 cm³/mol. The highest BCUT2D eigenvalue weighted by atomic mass is 16.2. The molecule has 96 valence electrons. The van der Waals surface area contributed by atoms with Crippen LogP contribution in [0.3, 0.4) is 0 Å². The van der Waals surface area contributed by atoms with Crippen molar-refractivity contribution in [3.63, 3.8) is 0 Å². The van der Waals surface area contributed by atoms with Crippen LogP contribution < -0.4 is 10.6 Å². The molecule has 1 heterocycles. The molecule has 17 heavy (non-hydrogen) atoms. The molecule has 0 radical (unpaired) electrons. The van der Waals surface area contributed by atoms with E-state index in [2.05, 4.69) is 10.6 Å². The van der Waals surface area contributed by atoms with E-state index < -0.39 is 12.1 Å². The summed E-state index contributed by atoms with van der Waals surface area (Å²) in [5, 5.41) is 5.09. The number of hydrogen-bond donors (Lipinski definition) is 2. The maximum absolute atomic E-state index is 11.9. The molecule has 2 N–H and O–H groups in total. The number of hydrogen-bond acceptors (Lipinski definition) is 4. The van der Waals surface area contributed by atoms with Crippen molar-refractivity contribution < 1.29 is 14.4 Å². The minimum atomic E-state index is -0.586. The number of likely N-dealkylation sites (N-methyl/N-ethyl adjacent to an activating group) is 1. The van der Waals surface area contributed by atoms with Crippen LogP contribution in [-0.2, 0) is 14.4 Å². The van der Waals surface area contributed by atoms with Gasteiger partial charge >= 0.3 is 0 Å². The third kappa shape index (κ3) is 3.26. The third-order valence-electron chi connectivity index (χ3n) is 2.87. The monoisotopic (exact) mass is 241 g/mol. The van der Waals surface area contributed by atoms with Crippen molar-refractivity contribution in [3.05, 3.63) is 0 Å². The lowest BCUT2D eigenvalue weighted by Crippen LogP contribution is -2.50. The first-order valence-electron chi connectivity index (χ1n) is 5.88. The van der Waals surface area contributed by atoms with E-state index in [1.54, 1.807) is 11.8 Å². The molecule has 1 saturated heterocycles. The maximum Gasteiger partial charge on any atom is 0.244 e. The summed E-state index contributed by atoms with van der Waals surface area (Å²) >= 11 is 0.